The summed E-state index contributed by atoms with van der Waals surface area (Å²) in [6.45, 7) is 6.30. The van der Waals surface area contributed by atoms with Crippen molar-refractivity contribution in [3.63, 3.8) is 0 Å². The average Bonchev–Trinajstić information content (AvgIpc) is 2.99. The molecule has 0 spiro atoms. The lowest BCUT2D eigenvalue weighted by molar-refractivity contribution is 0.0958. The predicted molar refractivity (Wildman–Crippen MR) is 103 cm³/mol. The zero-order chi connectivity index (χ0) is 19.3. The van der Waals surface area contributed by atoms with Crippen molar-refractivity contribution in [3.8, 4) is 5.82 Å². The van der Waals surface area contributed by atoms with Crippen LogP contribution in [-0.2, 0) is 6.54 Å². The first kappa shape index (κ1) is 19.6. The van der Waals surface area contributed by atoms with E-state index in [0.717, 1.165) is 0 Å². The first-order chi connectivity index (χ1) is 12.6. The summed E-state index contributed by atoms with van der Waals surface area (Å²) in [4.78, 5) is 37.4. The van der Waals surface area contributed by atoms with Gasteiger partial charge in [-0.25, -0.2) is 24.3 Å². The van der Waals surface area contributed by atoms with Gasteiger partial charge in [0.1, 0.15) is 11.1 Å². The largest absolute Gasteiger partial charge is 0.354 e. The minimum Gasteiger partial charge on any atom is -0.354 e. The molecule has 0 saturated carbocycles. The summed E-state index contributed by atoms with van der Waals surface area (Å²) >= 11 is 1.39. The Hall–Kier alpha value is -2.68. The zero-order valence-corrected chi connectivity index (χ0v) is 16.3. The Labute approximate surface area is 155 Å². The van der Waals surface area contributed by atoms with E-state index in [9.17, 15) is 9.59 Å². The number of rotatable bonds is 4. The van der Waals surface area contributed by atoms with Gasteiger partial charge in [-0.15, -0.1) is 0 Å². The van der Waals surface area contributed by atoms with Crippen LogP contribution in [0.1, 0.15) is 31.3 Å². The third kappa shape index (κ3) is 3.48. The number of nitrogens with one attached hydrogen (secondary N) is 1. The molecule has 8 nitrogen and oxygen atoms in total. The topological polar surface area (TPSA) is 94.7 Å². The molecule has 0 atom stereocenters. The van der Waals surface area contributed by atoms with Gasteiger partial charge in [-0.3, -0.25) is 9.59 Å². The lowest BCUT2D eigenvalue weighted by Gasteiger charge is -2.10. The number of fused-ring (bicyclic) bond motifs is 1. The molecular formula is C17H22N6O2S. The van der Waals surface area contributed by atoms with Crippen LogP contribution in [0.15, 0.2) is 34.3 Å². The number of hydrogen-bond donors (Lipinski definition) is 1. The summed E-state index contributed by atoms with van der Waals surface area (Å²) in [6, 6.07) is 5.07. The van der Waals surface area contributed by atoms with Crippen molar-refractivity contribution in [2.24, 2.45) is 0 Å². The van der Waals surface area contributed by atoms with Crippen molar-refractivity contribution in [1.29, 1.82) is 0 Å². The van der Waals surface area contributed by atoms with Crippen molar-refractivity contribution >= 4 is 28.7 Å². The molecule has 0 radical (unpaired) electrons. The molecule has 0 unspecified atom stereocenters. The van der Waals surface area contributed by atoms with Gasteiger partial charge in [-0.2, -0.15) is 0 Å². The fourth-order valence-electron chi connectivity index (χ4n) is 2.43. The minimum atomic E-state index is -0.293. The monoisotopic (exact) mass is 374 g/mol. The second-order valence-corrected chi connectivity index (χ2v) is 5.66. The van der Waals surface area contributed by atoms with Gasteiger partial charge < -0.3 is 5.32 Å². The van der Waals surface area contributed by atoms with Crippen LogP contribution in [0.5, 0.6) is 0 Å². The Bertz CT molecular complexity index is 979. The fraction of sp³-hybridized carbons (Fsp3) is 0.353. The highest BCUT2D eigenvalue weighted by Crippen LogP contribution is 2.17. The molecule has 3 aromatic heterocycles. The Morgan fingerprint density at radius 1 is 1.27 bits per heavy atom. The van der Waals surface area contributed by atoms with E-state index in [2.05, 4.69) is 20.3 Å². The first-order valence-electron chi connectivity index (χ1n) is 8.32. The lowest BCUT2D eigenvalue weighted by atomic mass is 10.3. The standard InChI is InChI=1S/C15H16N6O2S.C2H6/c1-4-20-14(23)9-8-17-15(24-3)19-12(9)21(20)11-7-5-6-10(18-11)13(22)16-2;1-2/h5-8H,4H2,1-3H3,(H,16,22);1-2H3. The molecule has 26 heavy (non-hydrogen) atoms. The van der Waals surface area contributed by atoms with Crippen LogP contribution >= 0.6 is 11.8 Å². The molecule has 1 amide bonds. The molecule has 9 heteroatoms. The van der Waals surface area contributed by atoms with Crippen LogP contribution in [0.2, 0.25) is 0 Å². The Morgan fingerprint density at radius 3 is 2.62 bits per heavy atom. The molecule has 0 aliphatic rings. The summed E-state index contributed by atoms with van der Waals surface area (Å²) in [5.74, 6) is 0.161. The number of thioether (sulfide) groups is 1. The number of hydrogen-bond acceptors (Lipinski definition) is 6. The highest BCUT2D eigenvalue weighted by Gasteiger charge is 2.18. The van der Waals surface area contributed by atoms with Crippen LogP contribution in [0, 0.1) is 0 Å². The first-order valence-corrected chi connectivity index (χ1v) is 9.55. The molecule has 0 aliphatic heterocycles. The van der Waals surface area contributed by atoms with Gasteiger partial charge in [-0.05, 0) is 25.3 Å². The Balaban J connectivity index is 0.00000117. The summed E-state index contributed by atoms with van der Waals surface area (Å²) in [5, 5.41) is 3.52. The van der Waals surface area contributed by atoms with Gasteiger partial charge >= 0.3 is 0 Å². The van der Waals surface area contributed by atoms with E-state index >= 15 is 0 Å². The highest BCUT2D eigenvalue weighted by molar-refractivity contribution is 7.98. The van der Waals surface area contributed by atoms with Crippen molar-refractivity contribution in [1.82, 2.24) is 29.6 Å². The second-order valence-electron chi connectivity index (χ2n) is 4.89. The molecule has 0 aliphatic carbocycles. The summed E-state index contributed by atoms with van der Waals surface area (Å²) < 4.78 is 3.16. The van der Waals surface area contributed by atoms with E-state index in [-0.39, 0.29) is 17.2 Å². The molecule has 0 bridgehead atoms. The number of amides is 1. The van der Waals surface area contributed by atoms with E-state index in [1.807, 2.05) is 27.0 Å². The Kier molecular flexibility index (Phi) is 6.51. The molecule has 138 valence electrons. The number of nitrogens with zero attached hydrogens (tertiary/aromatic N) is 5. The third-order valence-corrected chi connectivity index (χ3v) is 4.11. The van der Waals surface area contributed by atoms with Gasteiger partial charge in [0.15, 0.2) is 16.6 Å². The fourth-order valence-corrected chi connectivity index (χ4v) is 2.76. The van der Waals surface area contributed by atoms with E-state index in [1.165, 1.54) is 22.6 Å². The minimum absolute atomic E-state index is 0.188. The molecule has 3 rings (SSSR count). The third-order valence-electron chi connectivity index (χ3n) is 3.55. The molecule has 0 aromatic carbocycles. The number of pyridine rings is 1. The predicted octanol–water partition coefficient (Wildman–Crippen LogP) is 2.10. The van der Waals surface area contributed by atoms with E-state index in [0.29, 0.717) is 28.6 Å². The van der Waals surface area contributed by atoms with Gasteiger partial charge in [0.25, 0.3) is 11.5 Å². The van der Waals surface area contributed by atoms with Crippen LogP contribution in [0.4, 0.5) is 0 Å². The molecule has 0 saturated heterocycles. The van der Waals surface area contributed by atoms with Crippen molar-refractivity contribution in [2.45, 2.75) is 32.5 Å². The van der Waals surface area contributed by atoms with Gasteiger partial charge in [0.05, 0.1) is 0 Å². The zero-order valence-electron chi connectivity index (χ0n) is 15.5. The number of carbonyl (C=O) groups is 1. The van der Waals surface area contributed by atoms with Crippen LogP contribution in [0.25, 0.3) is 16.9 Å². The van der Waals surface area contributed by atoms with Gasteiger partial charge in [0.2, 0.25) is 0 Å². The normalized spacial score (nSPS) is 10.3. The SMILES string of the molecule is CC.CCn1c(=O)c2cnc(SC)nc2n1-c1cccc(C(=O)NC)n1. The summed E-state index contributed by atoms with van der Waals surface area (Å²) in [7, 11) is 1.54. The summed E-state index contributed by atoms with van der Waals surface area (Å²) in [6.07, 6.45) is 3.40. The maximum absolute atomic E-state index is 12.6. The second kappa shape index (κ2) is 8.61. The average molecular weight is 374 g/mol. The smallest absolute Gasteiger partial charge is 0.278 e. The number of carbonyl (C=O) groups excluding carboxylic acids is 1. The van der Waals surface area contributed by atoms with Crippen molar-refractivity contribution < 1.29 is 4.79 Å². The molecular weight excluding hydrogens is 352 g/mol. The van der Waals surface area contributed by atoms with Crippen molar-refractivity contribution in [3.05, 3.63) is 40.4 Å². The number of aromatic nitrogens is 5. The van der Waals surface area contributed by atoms with Crippen molar-refractivity contribution in [2.75, 3.05) is 13.3 Å². The van der Waals surface area contributed by atoms with Crippen LogP contribution in [0.3, 0.4) is 0 Å². The lowest BCUT2D eigenvalue weighted by Crippen LogP contribution is -2.23. The van der Waals surface area contributed by atoms with E-state index in [4.69, 9.17) is 0 Å². The van der Waals surface area contributed by atoms with Gasteiger partial charge in [0, 0.05) is 19.8 Å². The molecule has 1 N–H and O–H groups in total. The Morgan fingerprint density at radius 2 is 2.00 bits per heavy atom. The maximum atomic E-state index is 12.6. The van der Waals surface area contributed by atoms with Crippen LogP contribution in [-0.4, -0.2) is 43.5 Å². The molecule has 3 aromatic rings. The molecule has 0 fully saturated rings. The highest BCUT2D eigenvalue weighted by atomic mass is 32.2. The maximum Gasteiger partial charge on any atom is 0.278 e. The quantitative estimate of drug-likeness (QED) is 0.555. The van der Waals surface area contributed by atoms with Gasteiger partial charge in [-0.1, -0.05) is 31.7 Å². The summed E-state index contributed by atoms with van der Waals surface area (Å²) in [5.41, 5.74) is 0.557. The van der Waals surface area contributed by atoms with Crippen LogP contribution < -0.4 is 10.9 Å². The van der Waals surface area contributed by atoms with E-state index in [1.54, 1.807) is 29.9 Å². The molecule has 3 heterocycles. The van der Waals surface area contributed by atoms with E-state index < -0.39 is 0 Å².